The smallest absolute Gasteiger partial charge is 0.388 e. The van der Waals surface area contributed by atoms with Crippen molar-refractivity contribution >= 4 is 23.2 Å². The van der Waals surface area contributed by atoms with Crippen molar-refractivity contribution in [1.29, 1.82) is 0 Å². The van der Waals surface area contributed by atoms with E-state index in [2.05, 4.69) is 15.2 Å². The monoisotopic (exact) mass is 360 g/mol. The van der Waals surface area contributed by atoms with Crippen LogP contribution in [-0.2, 0) is 0 Å². The second-order valence-electron chi connectivity index (χ2n) is 5.04. The SMILES string of the molecule is Cc1onc(OC(F)F)c1NC(=O)c1cccc(OC(C)C)c1Cl. The third kappa shape index (κ3) is 4.14. The molecule has 0 spiro atoms. The highest BCUT2D eigenvalue weighted by atomic mass is 35.5. The first-order valence-electron chi connectivity index (χ1n) is 6.97. The fourth-order valence-corrected chi connectivity index (χ4v) is 2.13. The highest BCUT2D eigenvalue weighted by Crippen LogP contribution is 2.32. The van der Waals surface area contributed by atoms with Crippen molar-refractivity contribution in [3.8, 4) is 11.6 Å². The third-order valence-corrected chi connectivity index (χ3v) is 3.23. The molecular weight excluding hydrogens is 346 g/mol. The van der Waals surface area contributed by atoms with E-state index in [0.29, 0.717) is 5.75 Å². The Morgan fingerprint density at radius 1 is 1.33 bits per heavy atom. The molecule has 1 aromatic carbocycles. The molecule has 0 aliphatic carbocycles. The number of carbonyl (C=O) groups excluding carboxylic acids is 1. The van der Waals surface area contributed by atoms with Crippen LogP contribution in [0, 0.1) is 6.92 Å². The van der Waals surface area contributed by atoms with Crippen LogP contribution < -0.4 is 14.8 Å². The number of benzene rings is 1. The molecule has 2 rings (SSSR count). The molecule has 0 aliphatic heterocycles. The molecule has 0 aliphatic rings. The van der Waals surface area contributed by atoms with E-state index in [-0.39, 0.29) is 28.1 Å². The van der Waals surface area contributed by atoms with Crippen molar-refractivity contribution in [2.45, 2.75) is 33.5 Å². The standard InChI is InChI=1S/C15H15ClF2N2O4/c1-7(2)22-10-6-4-5-9(11(10)16)13(21)19-12-8(3)24-20-14(12)23-15(17)18/h4-7,15H,1-3H3,(H,19,21). The van der Waals surface area contributed by atoms with Gasteiger partial charge >= 0.3 is 6.61 Å². The lowest BCUT2D eigenvalue weighted by Gasteiger charge is -2.13. The third-order valence-electron chi connectivity index (χ3n) is 2.84. The molecule has 0 saturated heterocycles. The lowest BCUT2D eigenvalue weighted by molar-refractivity contribution is -0.0541. The number of aromatic nitrogens is 1. The zero-order valence-corrected chi connectivity index (χ0v) is 13.9. The first kappa shape index (κ1) is 18.0. The lowest BCUT2D eigenvalue weighted by atomic mass is 10.2. The Hall–Kier alpha value is -2.35. The molecule has 1 heterocycles. The van der Waals surface area contributed by atoms with Gasteiger partial charge in [-0.05, 0) is 38.1 Å². The largest absolute Gasteiger partial charge is 0.489 e. The quantitative estimate of drug-likeness (QED) is 0.832. The second kappa shape index (κ2) is 7.48. The number of ether oxygens (including phenoxy) is 2. The van der Waals surface area contributed by atoms with Crippen LogP contribution in [0.15, 0.2) is 22.7 Å². The lowest BCUT2D eigenvalue weighted by Crippen LogP contribution is -2.15. The highest BCUT2D eigenvalue weighted by molar-refractivity contribution is 6.35. The van der Waals surface area contributed by atoms with Crippen LogP contribution in [0.5, 0.6) is 11.6 Å². The number of anilines is 1. The number of carbonyl (C=O) groups is 1. The molecule has 1 aromatic heterocycles. The molecule has 9 heteroatoms. The van der Waals surface area contributed by atoms with E-state index in [1.54, 1.807) is 12.1 Å². The molecule has 0 radical (unpaired) electrons. The van der Waals surface area contributed by atoms with Gasteiger partial charge in [0.15, 0.2) is 5.76 Å². The second-order valence-corrected chi connectivity index (χ2v) is 5.41. The first-order chi connectivity index (χ1) is 11.3. The average molecular weight is 361 g/mol. The minimum absolute atomic E-state index is 0.0912. The summed E-state index contributed by atoms with van der Waals surface area (Å²) in [5.41, 5.74) is 0.0185. The molecule has 24 heavy (non-hydrogen) atoms. The van der Waals surface area contributed by atoms with Crippen molar-refractivity contribution in [1.82, 2.24) is 5.16 Å². The molecular formula is C15H15ClF2N2O4. The van der Waals surface area contributed by atoms with Crippen LogP contribution in [0.2, 0.25) is 5.02 Å². The Balaban J connectivity index is 2.26. The number of nitrogens with zero attached hydrogens (tertiary/aromatic N) is 1. The number of nitrogens with one attached hydrogen (secondary N) is 1. The van der Waals surface area contributed by atoms with Crippen LogP contribution in [0.4, 0.5) is 14.5 Å². The number of alkyl halides is 2. The van der Waals surface area contributed by atoms with Gasteiger partial charge in [-0.25, -0.2) is 0 Å². The predicted molar refractivity (Wildman–Crippen MR) is 83.0 cm³/mol. The maximum atomic E-state index is 12.4. The number of hydrogen-bond donors (Lipinski definition) is 1. The van der Waals surface area contributed by atoms with E-state index in [0.717, 1.165) is 0 Å². The maximum absolute atomic E-state index is 12.4. The first-order valence-corrected chi connectivity index (χ1v) is 7.35. The van der Waals surface area contributed by atoms with Crippen molar-refractivity contribution in [3.63, 3.8) is 0 Å². The Morgan fingerprint density at radius 3 is 2.67 bits per heavy atom. The van der Waals surface area contributed by atoms with Gasteiger partial charge in [-0.15, -0.1) is 0 Å². The molecule has 1 amide bonds. The van der Waals surface area contributed by atoms with Crippen LogP contribution in [0.25, 0.3) is 0 Å². The fraction of sp³-hybridized carbons (Fsp3) is 0.333. The Labute approximate surface area is 141 Å². The summed E-state index contributed by atoms with van der Waals surface area (Å²) >= 11 is 6.18. The van der Waals surface area contributed by atoms with E-state index < -0.39 is 18.4 Å². The normalized spacial score (nSPS) is 11.0. The van der Waals surface area contributed by atoms with Gasteiger partial charge in [0.25, 0.3) is 11.8 Å². The summed E-state index contributed by atoms with van der Waals surface area (Å²) < 4.78 is 39.2. The maximum Gasteiger partial charge on any atom is 0.388 e. The Bertz CT molecular complexity index is 734. The summed E-state index contributed by atoms with van der Waals surface area (Å²) in [6, 6.07) is 4.69. The minimum Gasteiger partial charge on any atom is -0.489 e. The summed E-state index contributed by atoms with van der Waals surface area (Å²) in [6.07, 6.45) is -0.132. The number of amides is 1. The average Bonchev–Trinajstić information content (AvgIpc) is 2.81. The van der Waals surface area contributed by atoms with Crippen molar-refractivity contribution < 1.29 is 27.6 Å². The summed E-state index contributed by atoms with van der Waals surface area (Å²) in [5, 5.41) is 5.85. The van der Waals surface area contributed by atoms with Gasteiger partial charge < -0.3 is 19.3 Å². The molecule has 2 aromatic rings. The van der Waals surface area contributed by atoms with E-state index in [4.69, 9.17) is 20.9 Å². The zero-order chi connectivity index (χ0) is 17.9. The highest BCUT2D eigenvalue weighted by Gasteiger charge is 2.22. The van der Waals surface area contributed by atoms with Crippen molar-refractivity contribution in [2.75, 3.05) is 5.32 Å². The van der Waals surface area contributed by atoms with E-state index in [9.17, 15) is 13.6 Å². The van der Waals surface area contributed by atoms with Gasteiger partial charge in [0.05, 0.1) is 16.7 Å². The molecule has 0 unspecified atom stereocenters. The van der Waals surface area contributed by atoms with Gasteiger partial charge in [0, 0.05) is 0 Å². The van der Waals surface area contributed by atoms with Crippen LogP contribution in [0.1, 0.15) is 30.0 Å². The fourth-order valence-electron chi connectivity index (χ4n) is 1.87. The number of rotatable bonds is 6. The van der Waals surface area contributed by atoms with Crippen molar-refractivity contribution in [2.24, 2.45) is 0 Å². The molecule has 0 atom stereocenters. The van der Waals surface area contributed by atoms with Crippen LogP contribution >= 0.6 is 11.6 Å². The van der Waals surface area contributed by atoms with E-state index >= 15 is 0 Å². The molecule has 0 bridgehead atoms. The van der Waals surface area contributed by atoms with Gasteiger partial charge in [0.2, 0.25) is 0 Å². The number of aryl methyl sites for hydroxylation is 1. The Kier molecular flexibility index (Phi) is 5.61. The molecule has 130 valence electrons. The number of halogens is 3. The molecule has 6 nitrogen and oxygen atoms in total. The van der Waals surface area contributed by atoms with Gasteiger partial charge in [0.1, 0.15) is 11.4 Å². The van der Waals surface area contributed by atoms with Crippen LogP contribution in [0.3, 0.4) is 0 Å². The molecule has 1 N–H and O–H groups in total. The summed E-state index contributed by atoms with van der Waals surface area (Å²) in [7, 11) is 0. The topological polar surface area (TPSA) is 73.6 Å². The molecule has 0 fully saturated rings. The van der Waals surface area contributed by atoms with Crippen LogP contribution in [-0.4, -0.2) is 23.8 Å². The minimum atomic E-state index is -3.10. The predicted octanol–water partition coefficient (Wildman–Crippen LogP) is 4.28. The van der Waals surface area contributed by atoms with E-state index in [1.807, 2.05) is 13.8 Å². The van der Waals surface area contributed by atoms with Gasteiger partial charge in [-0.2, -0.15) is 8.78 Å². The van der Waals surface area contributed by atoms with Crippen molar-refractivity contribution in [3.05, 3.63) is 34.5 Å². The summed E-state index contributed by atoms with van der Waals surface area (Å²) in [6.45, 7) is 1.98. The summed E-state index contributed by atoms with van der Waals surface area (Å²) in [5.74, 6) is -0.698. The van der Waals surface area contributed by atoms with E-state index in [1.165, 1.54) is 13.0 Å². The number of hydrogen-bond acceptors (Lipinski definition) is 5. The molecule has 0 saturated carbocycles. The van der Waals surface area contributed by atoms with Gasteiger partial charge in [-0.1, -0.05) is 17.7 Å². The summed E-state index contributed by atoms with van der Waals surface area (Å²) in [4.78, 5) is 12.4. The Morgan fingerprint density at radius 2 is 2.04 bits per heavy atom. The zero-order valence-electron chi connectivity index (χ0n) is 13.1. The van der Waals surface area contributed by atoms with Gasteiger partial charge in [-0.3, -0.25) is 4.79 Å².